The minimum Gasteiger partial charge on any atom is -0.319 e. The van der Waals surface area contributed by atoms with E-state index in [1.165, 1.54) is 15.6 Å². The summed E-state index contributed by atoms with van der Waals surface area (Å²) in [5, 5.41) is 7.24. The van der Waals surface area contributed by atoms with Crippen molar-refractivity contribution in [1.82, 2.24) is 4.57 Å². The molecule has 48 heavy (non-hydrogen) atoms. The van der Waals surface area contributed by atoms with E-state index in [4.69, 9.17) is 13.1 Å². The molecule has 4 heteroatoms. The van der Waals surface area contributed by atoms with Gasteiger partial charge in [0.15, 0.2) is 13.8 Å². The highest BCUT2D eigenvalue weighted by Gasteiger charge is 2.41. The SMILES string of the molecule is [C-]#[N+]c1cc([Si](c2ccccc2)(c2ccccc2)c2ccccc2)ccc1-c1ccc([N+]#[C-])c(-n2c3ccccc3c3ccccc32)c1. The van der Waals surface area contributed by atoms with Gasteiger partial charge >= 0.3 is 0 Å². The minimum atomic E-state index is -2.79. The highest BCUT2D eigenvalue weighted by atomic mass is 28.3. The lowest BCUT2D eigenvalue weighted by Crippen LogP contribution is -2.74. The first kappa shape index (κ1) is 29.0. The number of hydrogen-bond donors (Lipinski definition) is 0. The Morgan fingerprint density at radius 1 is 0.417 bits per heavy atom. The van der Waals surface area contributed by atoms with Crippen LogP contribution >= 0.6 is 0 Å². The predicted octanol–water partition coefficient (Wildman–Crippen LogP) is 8.93. The second-order valence-corrected chi connectivity index (χ2v) is 15.7. The van der Waals surface area contributed by atoms with Gasteiger partial charge < -0.3 is 4.57 Å². The number of benzene rings is 7. The summed E-state index contributed by atoms with van der Waals surface area (Å²) in [7, 11) is -2.79. The third-order valence-corrected chi connectivity index (χ3v) is 14.2. The number of nitrogens with zero attached hydrogens (tertiary/aromatic N) is 3. The van der Waals surface area contributed by atoms with E-state index in [0.29, 0.717) is 11.4 Å². The van der Waals surface area contributed by atoms with Crippen LogP contribution in [0, 0.1) is 13.1 Å². The van der Waals surface area contributed by atoms with Gasteiger partial charge in [0.05, 0.1) is 29.9 Å². The van der Waals surface area contributed by atoms with E-state index in [9.17, 15) is 0 Å². The van der Waals surface area contributed by atoms with E-state index in [-0.39, 0.29) is 0 Å². The second kappa shape index (κ2) is 12.0. The monoisotopic (exact) mass is 627 g/mol. The van der Waals surface area contributed by atoms with Crippen LogP contribution in [0.2, 0.25) is 0 Å². The summed E-state index contributed by atoms with van der Waals surface area (Å²) in [5.74, 6) is 0. The zero-order chi connectivity index (χ0) is 32.5. The lowest BCUT2D eigenvalue weighted by Gasteiger charge is -2.34. The molecule has 8 aromatic rings. The zero-order valence-electron chi connectivity index (χ0n) is 26.1. The van der Waals surface area contributed by atoms with Gasteiger partial charge in [-0.25, -0.2) is 9.69 Å². The number of fused-ring (bicyclic) bond motifs is 3. The quantitative estimate of drug-likeness (QED) is 0.0993. The molecule has 8 rings (SSSR count). The Hall–Kier alpha value is -6.46. The van der Waals surface area contributed by atoms with Crippen LogP contribution in [0.15, 0.2) is 176 Å². The standard InChI is InChI=1S/C44H29N3Si/c1-45-40-29-26-32(30-44(40)47-42-24-14-12-22-38(42)39-23-13-15-25-43(39)47)37-28-27-36(31-41(37)46-2)48(33-16-6-3-7-17-33,34-18-8-4-9-19-34)35-20-10-5-11-21-35/h3-31H. The van der Waals surface area contributed by atoms with Crippen LogP contribution in [-0.4, -0.2) is 12.6 Å². The molecule has 0 N–H and O–H groups in total. The molecular weight excluding hydrogens is 599 g/mol. The van der Waals surface area contributed by atoms with Crippen LogP contribution in [0.25, 0.3) is 48.3 Å². The molecule has 3 nitrogen and oxygen atoms in total. The fourth-order valence-corrected chi connectivity index (χ4v) is 12.1. The number of aromatic nitrogens is 1. The molecule has 0 aliphatic rings. The van der Waals surface area contributed by atoms with Crippen molar-refractivity contribution in [3.8, 4) is 16.8 Å². The average molecular weight is 628 g/mol. The normalized spacial score (nSPS) is 11.3. The lowest BCUT2D eigenvalue weighted by atomic mass is 10.0. The highest BCUT2D eigenvalue weighted by Crippen LogP contribution is 2.39. The predicted molar refractivity (Wildman–Crippen MR) is 202 cm³/mol. The van der Waals surface area contributed by atoms with Gasteiger partial charge in [0.25, 0.3) is 0 Å². The summed E-state index contributed by atoms with van der Waals surface area (Å²) < 4.78 is 2.19. The van der Waals surface area contributed by atoms with Crippen LogP contribution in [0.1, 0.15) is 0 Å². The molecule has 1 heterocycles. The van der Waals surface area contributed by atoms with E-state index in [2.05, 4.69) is 166 Å². The first-order valence-electron chi connectivity index (χ1n) is 15.9. The van der Waals surface area contributed by atoms with Gasteiger partial charge in [0.1, 0.15) is 0 Å². The third-order valence-electron chi connectivity index (χ3n) is 9.40. The van der Waals surface area contributed by atoms with Gasteiger partial charge in [-0.15, -0.1) is 0 Å². The van der Waals surface area contributed by atoms with Gasteiger partial charge in [0.2, 0.25) is 5.69 Å². The largest absolute Gasteiger partial charge is 0.319 e. The molecule has 0 unspecified atom stereocenters. The Morgan fingerprint density at radius 3 is 1.40 bits per heavy atom. The maximum Gasteiger partial charge on any atom is 0.210 e. The molecule has 0 bridgehead atoms. The molecule has 0 saturated heterocycles. The van der Waals surface area contributed by atoms with Crippen molar-refractivity contribution >= 4 is 62.0 Å². The summed E-state index contributed by atoms with van der Waals surface area (Å²) in [6, 6.07) is 61.3. The van der Waals surface area contributed by atoms with Gasteiger partial charge in [-0.2, -0.15) is 0 Å². The smallest absolute Gasteiger partial charge is 0.210 e. The molecule has 0 saturated carbocycles. The number of para-hydroxylation sites is 2. The Bertz CT molecular complexity index is 2370. The summed E-state index contributed by atoms with van der Waals surface area (Å²) in [6.45, 7) is 16.5. The molecule has 0 atom stereocenters. The Morgan fingerprint density at radius 2 is 0.896 bits per heavy atom. The van der Waals surface area contributed by atoms with Crippen molar-refractivity contribution in [3.05, 3.63) is 199 Å². The van der Waals surface area contributed by atoms with Crippen LogP contribution in [0.4, 0.5) is 11.4 Å². The van der Waals surface area contributed by atoms with Gasteiger partial charge in [0, 0.05) is 10.8 Å². The van der Waals surface area contributed by atoms with Crippen molar-refractivity contribution < 1.29 is 0 Å². The summed E-state index contributed by atoms with van der Waals surface area (Å²) in [5.41, 5.74) is 5.82. The van der Waals surface area contributed by atoms with Crippen molar-refractivity contribution in [2.24, 2.45) is 0 Å². The Labute approximate surface area is 281 Å². The number of rotatable bonds is 6. The molecule has 224 valence electrons. The van der Waals surface area contributed by atoms with Crippen molar-refractivity contribution in [1.29, 1.82) is 0 Å². The minimum absolute atomic E-state index is 0.565. The fourth-order valence-electron chi connectivity index (χ4n) is 7.31. The molecule has 7 aromatic carbocycles. The van der Waals surface area contributed by atoms with Crippen LogP contribution in [0.3, 0.4) is 0 Å². The van der Waals surface area contributed by atoms with Crippen molar-refractivity contribution in [3.63, 3.8) is 0 Å². The maximum atomic E-state index is 8.42. The second-order valence-electron chi connectivity index (χ2n) is 11.9. The van der Waals surface area contributed by atoms with E-state index in [1.807, 2.05) is 24.3 Å². The van der Waals surface area contributed by atoms with E-state index in [0.717, 1.165) is 43.8 Å². The van der Waals surface area contributed by atoms with Crippen molar-refractivity contribution in [2.75, 3.05) is 0 Å². The molecule has 0 radical (unpaired) electrons. The fraction of sp³-hybridized carbons (Fsp3) is 0. The average Bonchev–Trinajstić information content (AvgIpc) is 3.50. The third kappa shape index (κ3) is 4.55. The zero-order valence-corrected chi connectivity index (χ0v) is 27.1. The van der Waals surface area contributed by atoms with Crippen LogP contribution < -0.4 is 20.7 Å². The van der Waals surface area contributed by atoms with E-state index in [1.54, 1.807) is 0 Å². The van der Waals surface area contributed by atoms with Crippen LogP contribution in [0.5, 0.6) is 0 Å². The molecule has 0 fully saturated rings. The molecule has 1 aromatic heterocycles. The summed E-state index contributed by atoms with van der Waals surface area (Å²) in [6.07, 6.45) is 0. The maximum absolute atomic E-state index is 8.42. The van der Waals surface area contributed by atoms with Crippen LogP contribution in [-0.2, 0) is 0 Å². The highest BCUT2D eigenvalue weighted by molar-refractivity contribution is 7.19. The molecule has 0 spiro atoms. The molecular formula is C44H29N3Si. The molecule has 0 amide bonds. The van der Waals surface area contributed by atoms with Gasteiger partial charge in [-0.3, -0.25) is 0 Å². The van der Waals surface area contributed by atoms with E-state index >= 15 is 0 Å². The molecule has 0 aliphatic heterocycles. The Kier molecular flexibility index (Phi) is 7.27. The first-order chi connectivity index (χ1) is 23.7. The lowest BCUT2D eigenvalue weighted by molar-refractivity contribution is 1.19. The first-order valence-corrected chi connectivity index (χ1v) is 17.9. The van der Waals surface area contributed by atoms with Gasteiger partial charge in [-0.1, -0.05) is 163 Å². The van der Waals surface area contributed by atoms with E-state index < -0.39 is 8.07 Å². The summed E-state index contributed by atoms with van der Waals surface area (Å²) >= 11 is 0. The summed E-state index contributed by atoms with van der Waals surface area (Å²) in [4.78, 5) is 8.08. The molecule has 0 aliphatic carbocycles. The Balaban J connectivity index is 1.37. The number of hydrogen-bond acceptors (Lipinski definition) is 0. The van der Waals surface area contributed by atoms with Crippen molar-refractivity contribution in [2.45, 2.75) is 0 Å². The van der Waals surface area contributed by atoms with Gasteiger partial charge in [-0.05, 0) is 44.9 Å². The topological polar surface area (TPSA) is 13.7 Å².